The number of para-hydroxylation sites is 2. The smallest absolute Gasteiger partial charge is 0.339 e. The van der Waals surface area contributed by atoms with Gasteiger partial charge in [-0.05, 0) is 24.3 Å². The van der Waals surface area contributed by atoms with Crippen LogP contribution in [0.2, 0.25) is 0 Å². The second-order valence-corrected chi connectivity index (χ2v) is 7.67. The number of esters is 1. The highest BCUT2D eigenvalue weighted by Crippen LogP contribution is 2.25. The summed E-state index contributed by atoms with van der Waals surface area (Å²) in [6.07, 6.45) is 0. The van der Waals surface area contributed by atoms with Crippen LogP contribution in [0.1, 0.15) is 23.1 Å². The molecule has 3 aromatic rings. The van der Waals surface area contributed by atoms with Crippen LogP contribution in [0.15, 0.2) is 53.4 Å². The van der Waals surface area contributed by atoms with E-state index in [1.165, 1.54) is 0 Å². The van der Waals surface area contributed by atoms with Gasteiger partial charge in [-0.2, -0.15) is 15.0 Å². The Bertz CT molecular complexity index is 1080. The van der Waals surface area contributed by atoms with Gasteiger partial charge < -0.3 is 20.5 Å². The maximum Gasteiger partial charge on any atom is 0.339 e. The molecule has 0 saturated heterocycles. The largest absolute Gasteiger partial charge is 0.495 e. The maximum atomic E-state index is 12.5. The summed E-state index contributed by atoms with van der Waals surface area (Å²) >= 11 is 0. The third kappa shape index (κ3) is 5.09. The molecule has 0 radical (unpaired) electrons. The molecular weight excluding hydrogens is 406 g/mol. The van der Waals surface area contributed by atoms with Crippen LogP contribution in [0.3, 0.4) is 0 Å². The van der Waals surface area contributed by atoms with E-state index in [-0.39, 0.29) is 29.9 Å². The average molecular weight is 427 g/mol. The van der Waals surface area contributed by atoms with Crippen molar-refractivity contribution >= 4 is 34.4 Å². The number of rotatable bonds is 8. The second kappa shape index (κ2) is 9.79. The lowest BCUT2D eigenvalue weighted by molar-refractivity contribution is 0.0458. The summed E-state index contributed by atoms with van der Waals surface area (Å²) in [6, 6.07) is 13.9. The Balaban J connectivity index is 1.75. The van der Waals surface area contributed by atoms with Gasteiger partial charge in [0.25, 0.3) is 0 Å². The SMILES string of the molecule is CC[S@](=O)c1ccccc1C(=O)OCc1nc(N)nc(Nc2ccccc2OC)n1. The van der Waals surface area contributed by atoms with E-state index in [1.807, 2.05) is 12.1 Å². The van der Waals surface area contributed by atoms with Gasteiger partial charge in [0.15, 0.2) is 12.4 Å². The first kappa shape index (κ1) is 21.2. The maximum absolute atomic E-state index is 12.5. The van der Waals surface area contributed by atoms with E-state index in [0.717, 1.165) is 0 Å². The molecule has 0 aliphatic rings. The van der Waals surface area contributed by atoms with Crippen molar-refractivity contribution in [2.24, 2.45) is 0 Å². The fourth-order valence-electron chi connectivity index (χ4n) is 2.62. The Morgan fingerprint density at radius 2 is 1.83 bits per heavy atom. The van der Waals surface area contributed by atoms with Crippen molar-refractivity contribution in [3.63, 3.8) is 0 Å². The zero-order chi connectivity index (χ0) is 21.5. The van der Waals surface area contributed by atoms with Gasteiger partial charge in [0.1, 0.15) is 5.75 Å². The summed E-state index contributed by atoms with van der Waals surface area (Å²) in [7, 11) is 0.264. The molecule has 0 saturated carbocycles. The summed E-state index contributed by atoms with van der Waals surface area (Å²) < 4.78 is 22.8. The fraction of sp³-hybridized carbons (Fsp3) is 0.200. The van der Waals surface area contributed by atoms with Crippen LogP contribution in [-0.4, -0.2) is 38.0 Å². The number of hydrogen-bond donors (Lipinski definition) is 2. The van der Waals surface area contributed by atoms with Gasteiger partial charge in [-0.1, -0.05) is 31.2 Å². The lowest BCUT2D eigenvalue weighted by Gasteiger charge is -2.11. The number of nitrogens with zero attached hydrogens (tertiary/aromatic N) is 3. The van der Waals surface area contributed by atoms with Crippen molar-refractivity contribution in [2.75, 3.05) is 23.9 Å². The third-order valence-corrected chi connectivity index (χ3v) is 5.37. The van der Waals surface area contributed by atoms with E-state index in [9.17, 15) is 9.00 Å². The summed E-state index contributed by atoms with van der Waals surface area (Å²) in [5, 5.41) is 3.01. The van der Waals surface area contributed by atoms with Crippen molar-refractivity contribution in [1.82, 2.24) is 15.0 Å². The van der Waals surface area contributed by atoms with E-state index >= 15 is 0 Å². The predicted octanol–water partition coefficient (Wildman–Crippen LogP) is 2.69. The number of carbonyl (C=O) groups excluding carboxylic acids is 1. The predicted molar refractivity (Wildman–Crippen MR) is 113 cm³/mol. The summed E-state index contributed by atoms with van der Waals surface area (Å²) in [4.78, 5) is 25.2. The minimum Gasteiger partial charge on any atom is -0.495 e. The summed E-state index contributed by atoms with van der Waals surface area (Å²) in [5.41, 5.74) is 6.65. The van der Waals surface area contributed by atoms with E-state index in [4.69, 9.17) is 15.2 Å². The molecule has 0 bridgehead atoms. The number of nitrogen functional groups attached to an aromatic ring is 1. The Morgan fingerprint density at radius 1 is 1.10 bits per heavy atom. The van der Waals surface area contributed by atoms with Crippen LogP contribution in [0.25, 0.3) is 0 Å². The number of hydrogen-bond acceptors (Lipinski definition) is 9. The molecule has 3 N–H and O–H groups in total. The third-order valence-electron chi connectivity index (χ3n) is 4.00. The zero-order valence-corrected chi connectivity index (χ0v) is 17.3. The highest BCUT2D eigenvalue weighted by molar-refractivity contribution is 7.85. The molecule has 1 heterocycles. The van der Waals surface area contributed by atoms with Crippen LogP contribution >= 0.6 is 0 Å². The first-order valence-electron chi connectivity index (χ1n) is 9.06. The summed E-state index contributed by atoms with van der Waals surface area (Å²) in [6.45, 7) is 1.56. The zero-order valence-electron chi connectivity index (χ0n) is 16.5. The number of carbonyl (C=O) groups is 1. The molecule has 9 nitrogen and oxygen atoms in total. The van der Waals surface area contributed by atoms with Gasteiger partial charge in [-0.15, -0.1) is 0 Å². The number of anilines is 3. The van der Waals surface area contributed by atoms with Gasteiger partial charge in [-0.3, -0.25) is 4.21 Å². The van der Waals surface area contributed by atoms with Gasteiger partial charge in [0.2, 0.25) is 11.9 Å². The number of ether oxygens (including phenoxy) is 2. The monoisotopic (exact) mass is 427 g/mol. The molecule has 0 unspecified atom stereocenters. The number of nitrogens with one attached hydrogen (secondary N) is 1. The van der Waals surface area contributed by atoms with Crippen LogP contribution < -0.4 is 15.8 Å². The number of nitrogens with two attached hydrogens (primary N) is 1. The molecule has 0 aliphatic carbocycles. The number of methoxy groups -OCH3 is 1. The van der Waals surface area contributed by atoms with E-state index in [0.29, 0.717) is 22.1 Å². The topological polar surface area (TPSA) is 129 Å². The quantitative estimate of drug-likeness (QED) is 0.521. The molecule has 3 rings (SSSR count). The van der Waals surface area contributed by atoms with Gasteiger partial charge in [-0.25, -0.2) is 4.79 Å². The highest BCUT2D eigenvalue weighted by Gasteiger charge is 2.17. The molecule has 30 heavy (non-hydrogen) atoms. The molecule has 1 atom stereocenters. The van der Waals surface area contributed by atoms with Crippen LogP contribution in [0.4, 0.5) is 17.6 Å². The molecule has 0 spiro atoms. The molecular formula is C20H21N5O4S. The van der Waals surface area contributed by atoms with Crippen molar-refractivity contribution in [2.45, 2.75) is 18.4 Å². The molecule has 0 aliphatic heterocycles. The van der Waals surface area contributed by atoms with Crippen molar-refractivity contribution < 1.29 is 18.5 Å². The molecule has 2 aromatic carbocycles. The lowest BCUT2D eigenvalue weighted by Crippen LogP contribution is -2.13. The first-order chi connectivity index (χ1) is 14.5. The van der Waals surface area contributed by atoms with Crippen LogP contribution in [0, 0.1) is 0 Å². The van der Waals surface area contributed by atoms with Gasteiger partial charge in [0.05, 0.1) is 34.1 Å². The van der Waals surface area contributed by atoms with Crippen molar-refractivity contribution in [3.05, 3.63) is 59.9 Å². The Labute approximate surface area is 176 Å². The molecule has 156 valence electrons. The fourth-order valence-corrected chi connectivity index (χ4v) is 3.56. The molecule has 0 fully saturated rings. The van der Waals surface area contributed by atoms with Crippen LogP contribution in [0.5, 0.6) is 5.75 Å². The normalized spacial score (nSPS) is 11.5. The standard InChI is InChI=1S/C20H21N5O4S/c1-3-30(27)16-11-7-4-8-13(16)18(26)29-12-17-23-19(21)25-20(24-17)22-14-9-5-6-10-15(14)28-2/h4-11H,3,12H2,1-2H3,(H3,21,22,23,24,25)/t30-/m0/s1. The minimum absolute atomic E-state index is 0.0269. The highest BCUT2D eigenvalue weighted by atomic mass is 32.2. The number of benzene rings is 2. The Kier molecular flexibility index (Phi) is 6.91. The first-order valence-corrected chi connectivity index (χ1v) is 10.4. The van der Waals surface area contributed by atoms with Crippen LogP contribution in [-0.2, 0) is 22.1 Å². The van der Waals surface area contributed by atoms with Crippen molar-refractivity contribution in [3.8, 4) is 5.75 Å². The van der Waals surface area contributed by atoms with Gasteiger partial charge >= 0.3 is 5.97 Å². The Hall–Kier alpha value is -3.53. The molecule has 1 aromatic heterocycles. The van der Waals surface area contributed by atoms with Crippen molar-refractivity contribution in [1.29, 1.82) is 0 Å². The van der Waals surface area contributed by atoms with E-state index < -0.39 is 16.8 Å². The molecule has 0 amide bonds. The second-order valence-electron chi connectivity index (χ2n) is 5.97. The number of aromatic nitrogens is 3. The average Bonchev–Trinajstić information content (AvgIpc) is 2.77. The molecule has 10 heteroatoms. The van der Waals surface area contributed by atoms with Gasteiger partial charge in [0, 0.05) is 5.75 Å². The van der Waals surface area contributed by atoms with E-state index in [1.54, 1.807) is 50.4 Å². The minimum atomic E-state index is -1.29. The van der Waals surface area contributed by atoms with E-state index in [2.05, 4.69) is 20.3 Å². The summed E-state index contributed by atoms with van der Waals surface area (Å²) in [5.74, 6) is 0.705. The lowest BCUT2D eigenvalue weighted by atomic mass is 10.2. The Morgan fingerprint density at radius 3 is 2.60 bits per heavy atom.